The van der Waals surface area contributed by atoms with Gasteiger partial charge in [0.25, 0.3) is 0 Å². The number of hydrogen-bond donors (Lipinski definition) is 2. The van der Waals surface area contributed by atoms with Gasteiger partial charge in [0.2, 0.25) is 0 Å². The maximum atomic E-state index is 5.81. The largest absolute Gasteiger partial charge is 0.497 e. The Labute approximate surface area is 145 Å². The van der Waals surface area contributed by atoms with Crippen LogP contribution in [0.2, 0.25) is 5.02 Å². The Bertz CT molecular complexity index is 640. The van der Waals surface area contributed by atoms with Crippen molar-refractivity contribution in [2.24, 2.45) is 0 Å². The summed E-state index contributed by atoms with van der Waals surface area (Å²) in [5.41, 5.74) is 0.803. The summed E-state index contributed by atoms with van der Waals surface area (Å²) in [6.45, 7) is 1.50. The lowest BCUT2D eigenvalue weighted by Gasteiger charge is -2.13. The molecule has 2 rings (SSSR count). The molecule has 0 radical (unpaired) electrons. The molecule has 1 aromatic carbocycles. The van der Waals surface area contributed by atoms with Gasteiger partial charge in [0.05, 0.1) is 25.4 Å². The van der Waals surface area contributed by atoms with Gasteiger partial charge < -0.3 is 20.1 Å². The molecule has 0 aliphatic heterocycles. The van der Waals surface area contributed by atoms with Crippen molar-refractivity contribution < 1.29 is 9.47 Å². The van der Waals surface area contributed by atoms with E-state index in [1.165, 1.54) is 0 Å². The highest BCUT2D eigenvalue weighted by molar-refractivity contribution is 7.80. The fourth-order valence-corrected chi connectivity index (χ4v) is 2.33. The summed E-state index contributed by atoms with van der Waals surface area (Å²) in [6.07, 6.45) is 4.29. The second kappa shape index (κ2) is 8.59. The molecular formula is C15H19ClN4O2S. The van der Waals surface area contributed by atoms with E-state index in [0.717, 1.165) is 25.2 Å². The Hall–Kier alpha value is -1.99. The van der Waals surface area contributed by atoms with Gasteiger partial charge in [-0.05, 0) is 18.6 Å². The number of benzene rings is 1. The Morgan fingerprint density at radius 1 is 1.26 bits per heavy atom. The Balaban J connectivity index is 1.78. The van der Waals surface area contributed by atoms with Crippen molar-refractivity contribution in [1.29, 1.82) is 0 Å². The highest BCUT2D eigenvalue weighted by atomic mass is 35.5. The van der Waals surface area contributed by atoms with Crippen LogP contribution >= 0.6 is 23.8 Å². The van der Waals surface area contributed by atoms with Crippen molar-refractivity contribution in [2.75, 3.05) is 26.1 Å². The number of nitrogens with zero attached hydrogens (tertiary/aromatic N) is 2. The number of ether oxygens (including phenoxy) is 2. The highest BCUT2D eigenvalue weighted by Crippen LogP contribution is 2.25. The summed E-state index contributed by atoms with van der Waals surface area (Å²) < 4.78 is 12.2. The van der Waals surface area contributed by atoms with E-state index in [4.69, 9.17) is 33.3 Å². The average Bonchev–Trinajstić information content (AvgIpc) is 2.96. The van der Waals surface area contributed by atoms with Gasteiger partial charge in [0, 0.05) is 43.2 Å². The molecule has 8 heteroatoms. The van der Waals surface area contributed by atoms with Crippen molar-refractivity contribution in [3.05, 3.63) is 35.6 Å². The van der Waals surface area contributed by atoms with Crippen LogP contribution in [0, 0.1) is 0 Å². The summed E-state index contributed by atoms with van der Waals surface area (Å²) in [5, 5.41) is 11.6. The second-order valence-electron chi connectivity index (χ2n) is 4.76. The van der Waals surface area contributed by atoms with Crippen molar-refractivity contribution >= 4 is 34.6 Å². The van der Waals surface area contributed by atoms with Gasteiger partial charge in [0.1, 0.15) is 11.5 Å². The van der Waals surface area contributed by atoms with Crippen molar-refractivity contribution in [2.45, 2.75) is 13.0 Å². The first-order chi connectivity index (χ1) is 11.1. The molecule has 1 aromatic heterocycles. The van der Waals surface area contributed by atoms with Crippen molar-refractivity contribution in [1.82, 2.24) is 15.1 Å². The van der Waals surface area contributed by atoms with Gasteiger partial charge in [0.15, 0.2) is 5.11 Å². The number of thiocarbonyl (C=S) groups is 1. The van der Waals surface area contributed by atoms with Gasteiger partial charge >= 0.3 is 0 Å². The van der Waals surface area contributed by atoms with Crippen LogP contribution in [0.3, 0.4) is 0 Å². The average molecular weight is 355 g/mol. The standard InChI is InChI=1S/C15H19ClN4O2S/c1-21-13-6-12(7-14(8-13)22-2)19-15(23)17-4-3-5-20-10-11(16)9-18-20/h6-10H,3-5H2,1-2H3,(H2,17,19,23). The minimum absolute atomic E-state index is 0.541. The van der Waals surface area contributed by atoms with Crippen LogP contribution in [-0.4, -0.2) is 35.7 Å². The molecule has 0 spiro atoms. The molecule has 124 valence electrons. The molecule has 0 aliphatic rings. The van der Waals surface area contributed by atoms with E-state index in [0.29, 0.717) is 21.6 Å². The predicted octanol–water partition coefficient (Wildman–Crippen LogP) is 2.93. The van der Waals surface area contributed by atoms with Gasteiger partial charge in [-0.15, -0.1) is 0 Å². The number of nitrogens with one attached hydrogen (secondary N) is 2. The third-order valence-electron chi connectivity index (χ3n) is 3.06. The summed E-state index contributed by atoms with van der Waals surface area (Å²) >= 11 is 11.1. The van der Waals surface area contributed by atoms with Gasteiger partial charge in [-0.1, -0.05) is 11.6 Å². The zero-order valence-electron chi connectivity index (χ0n) is 13.0. The number of aromatic nitrogens is 2. The van der Waals surface area contributed by atoms with Crippen LogP contribution in [0.25, 0.3) is 0 Å². The Kier molecular flexibility index (Phi) is 6.49. The molecule has 2 aromatic rings. The molecule has 6 nitrogen and oxygen atoms in total. The summed E-state index contributed by atoms with van der Waals surface area (Å²) in [5.74, 6) is 1.40. The van der Waals surface area contributed by atoms with Crippen LogP contribution in [0.15, 0.2) is 30.6 Å². The number of aryl methyl sites for hydroxylation is 1. The lowest BCUT2D eigenvalue weighted by atomic mass is 10.3. The monoisotopic (exact) mass is 354 g/mol. The van der Waals surface area contributed by atoms with E-state index < -0.39 is 0 Å². The molecule has 2 N–H and O–H groups in total. The SMILES string of the molecule is COc1cc(NC(=S)NCCCn2cc(Cl)cn2)cc(OC)c1. The number of hydrogen-bond acceptors (Lipinski definition) is 4. The van der Waals surface area contributed by atoms with Gasteiger partial charge in [-0.3, -0.25) is 4.68 Å². The molecule has 0 atom stereocenters. The molecular weight excluding hydrogens is 336 g/mol. The van der Waals surface area contributed by atoms with Gasteiger partial charge in [-0.2, -0.15) is 5.10 Å². The molecule has 0 saturated heterocycles. The van der Waals surface area contributed by atoms with Crippen LogP contribution in [-0.2, 0) is 6.54 Å². The first-order valence-corrected chi connectivity index (χ1v) is 7.85. The normalized spacial score (nSPS) is 10.2. The van der Waals surface area contributed by atoms with Crippen molar-refractivity contribution in [3.8, 4) is 11.5 Å². The fraction of sp³-hybridized carbons (Fsp3) is 0.333. The minimum atomic E-state index is 0.541. The van der Waals surface area contributed by atoms with Crippen LogP contribution in [0.5, 0.6) is 11.5 Å². The van der Waals surface area contributed by atoms with E-state index in [-0.39, 0.29) is 0 Å². The number of rotatable bonds is 7. The predicted molar refractivity (Wildman–Crippen MR) is 95.6 cm³/mol. The quantitative estimate of drug-likeness (QED) is 0.589. The maximum absolute atomic E-state index is 5.81. The third kappa shape index (κ3) is 5.61. The van der Waals surface area contributed by atoms with E-state index in [9.17, 15) is 0 Å². The first-order valence-electron chi connectivity index (χ1n) is 7.06. The minimum Gasteiger partial charge on any atom is -0.497 e. The van der Waals surface area contributed by atoms with Crippen LogP contribution in [0.1, 0.15) is 6.42 Å². The second-order valence-corrected chi connectivity index (χ2v) is 5.60. The molecule has 0 unspecified atom stereocenters. The summed E-state index contributed by atoms with van der Waals surface area (Å²) in [4.78, 5) is 0. The first kappa shape index (κ1) is 17.4. The third-order valence-corrected chi connectivity index (χ3v) is 3.50. The lowest BCUT2D eigenvalue weighted by molar-refractivity contribution is 0.395. The topological polar surface area (TPSA) is 60.3 Å². The van der Waals surface area contributed by atoms with Crippen LogP contribution in [0.4, 0.5) is 5.69 Å². The summed E-state index contributed by atoms with van der Waals surface area (Å²) in [7, 11) is 3.22. The molecule has 0 bridgehead atoms. The highest BCUT2D eigenvalue weighted by Gasteiger charge is 2.04. The van der Waals surface area contributed by atoms with Crippen LogP contribution < -0.4 is 20.1 Å². The number of halogens is 1. The lowest BCUT2D eigenvalue weighted by Crippen LogP contribution is -2.29. The van der Waals surface area contributed by atoms with Gasteiger partial charge in [-0.25, -0.2) is 0 Å². The molecule has 0 fully saturated rings. The van der Waals surface area contributed by atoms with E-state index in [1.54, 1.807) is 37.4 Å². The summed E-state index contributed by atoms with van der Waals surface area (Å²) in [6, 6.07) is 5.50. The molecule has 0 amide bonds. The Morgan fingerprint density at radius 2 is 1.96 bits per heavy atom. The zero-order chi connectivity index (χ0) is 16.7. The molecule has 1 heterocycles. The molecule has 0 saturated carbocycles. The number of anilines is 1. The fourth-order valence-electron chi connectivity index (χ4n) is 1.96. The number of methoxy groups -OCH3 is 2. The molecule has 0 aliphatic carbocycles. The zero-order valence-corrected chi connectivity index (χ0v) is 14.6. The molecule has 23 heavy (non-hydrogen) atoms. The Morgan fingerprint density at radius 3 is 2.52 bits per heavy atom. The van der Waals surface area contributed by atoms with Crippen molar-refractivity contribution in [3.63, 3.8) is 0 Å². The van der Waals surface area contributed by atoms with E-state index in [1.807, 2.05) is 12.1 Å². The van der Waals surface area contributed by atoms with E-state index >= 15 is 0 Å². The maximum Gasteiger partial charge on any atom is 0.170 e. The smallest absolute Gasteiger partial charge is 0.170 e. The van der Waals surface area contributed by atoms with E-state index in [2.05, 4.69) is 15.7 Å².